The third-order valence-electron chi connectivity index (χ3n) is 1.74. The topological polar surface area (TPSA) is 86.9 Å². The van der Waals surface area contributed by atoms with Gasteiger partial charge in [0, 0.05) is 12.7 Å². The Morgan fingerprint density at radius 3 is 2.87 bits per heavy atom. The SMILES string of the molecule is CCCNC(=O)CNC(=O)c1cn[nH]c1. The Kier molecular flexibility index (Phi) is 4.33. The monoisotopic (exact) mass is 210 g/mol. The summed E-state index contributed by atoms with van der Waals surface area (Å²) in [5.74, 6) is -0.496. The maximum absolute atomic E-state index is 11.3. The lowest BCUT2D eigenvalue weighted by atomic mass is 10.3. The second-order valence-electron chi connectivity index (χ2n) is 3.02. The minimum atomic E-state index is -0.310. The van der Waals surface area contributed by atoms with Crippen LogP contribution in [-0.2, 0) is 4.79 Å². The number of nitrogens with zero attached hydrogens (tertiary/aromatic N) is 1. The fraction of sp³-hybridized carbons (Fsp3) is 0.444. The second kappa shape index (κ2) is 5.79. The Hall–Kier alpha value is -1.85. The van der Waals surface area contributed by atoms with Gasteiger partial charge < -0.3 is 10.6 Å². The summed E-state index contributed by atoms with van der Waals surface area (Å²) in [5, 5.41) is 11.3. The van der Waals surface area contributed by atoms with Gasteiger partial charge >= 0.3 is 0 Å². The maximum atomic E-state index is 11.3. The molecular weight excluding hydrogens is 196 g/mol. The highest BCUT2D eigenvalue weighted by atomic mass is 16.2. The number of carbonyl (C=O) groups excluding carboxylic acids is 2. The summed E-state index contributed by atoms with van der Waals surface area (Å²) in [6.45, 7) is 2.58. The van der Waals surface area contributed by atoms with E-state index in [2.05, 4.69) is 20.8 Å². The van der Waals surface area contributed by atoms with Crippen LogP contribution in [0.4, 0.5) is 0 Å². The van der Waals surface area contributed by atoms with E-state index < -0.39 is 0 Å². The summed E-state index contributed by atoms with van der Waals surface area (Å²) >= 11 is 0. The van der Waals surface area contributed by atoms with Crippen LogP contribution >= 0.6 is 0 Å². The molecule has 1 aromatic heterocycles. The second-order valence-corrected chi connectivity index (χ2v) is 3.02. The Bertz CT molecular complexity index is 321. The molecule has 0 aliphatic heterocycles. The average Bonchev–Trinajstić information content (AvgIpc) is 2.76. The fourth-order valence-electron chi connectivity index (χ4n) is 0.965. The van der Waals surface area contributed by atoms with Gasteiger partial charge in [0.15, 0.2) is 0 Å². The zero-order chi connectivity index (χ0) is 11.1. The summed E-state index contributed by atoms with van der Waals surface area (Å²) in [6.07, 6.45) is 3.75. The van der Waals surface area contributed by atoms with Crippen LogP contribution in [0.5, 0.6) is 0 Å². The van der Waals surface area contributed by atoms with Gasteiger partial charge in [-0.3, -0.25) is 14.7 Å². The molecule has 1 rings (SSSR count). The van der Waals surface area contributed by atoms with E-state index in [-0.39, 0.29) is 18.4 Å². The van der Waals surface area contributed by atoms with Crippen molar-refractivity contribution >= 4 is 11.8 Å². The molecular formula is C9H14N4O2. The third kappa shape index (κ3) is 3.80. The van der Waals surface area contributed by atoms with Gasteiger partial charge in [-0.05, 0) is 6.42 Å². The molecule has 0 unspecified atom stereocenters. The van der Waals surface area contributed by atoms with Crippen molar-refractivity contribution in [3.05, 3.63) is 18.0 Å². The third-order valence-corrected chi connectivity index (χ3v) is 1.74. The minimum absolute atomic E-state index is 0.00991. The Morgan fingerprint density at radius 1 is 1.47 bits per heavy atom. The van der Waals surface area contributed by atoms with Crippen LogP contribution in [0.3, 0.4) is 0 Å². The number of hydrogen-bond donors (Lipinski definition) is 3. The molecule has 0 aliphatic rings. The first-order chi connectivity index (χ1) is 7.24. The van der Waals surface area contributed by atoms with E-state index in [1.165, 1.54) is 12.4 Å². The quantitative estimate of drug-likeness (QED) is 0.621. The minimum Gasteiger partial charge on any atom is -0.355 e. The molecule has 0 fully saturated rings. The lowest BCUT2D eigenvalue weighted by Gasteiger charge is -2.04. The van der Waals surface area contributed by atoms with Crippen LogP contribution in [0.2, 0.25) is 0 Å². The number of nitrogens with one attached hydrogen (secondary N) is 3. The molecule has 2 amide bonds. The predicted molar refractivity (Wildman–Crippen MR) is 54.2 cm³/mol. The van der Waals surface area contributed by atoms with E-state index in [1.807, 2.05) is 6.92 Å². The molecule has 15 heavy (non-hydrogen) atoms. The van der Waals surface area contributed by atoms with Gasteiger partial charge in [-0.1, -0.05) is 6.92 Å². The van der Waals surface area contributed by atoms with Crippen molar-refractivity contribution in [3.63, 3.8) is 0 Å². The van der Waals surface area contributed by atoms with E-state index in [4.69, 9.17) is 0 Å². The summed E-state index contributed by atoms with van der Waals surface area (Å²) in [4.78, 5) is 22.5. The van der Waals surface area contributed by atoms with Crippen molar-refractivity contribution in [3.8, 4) is 0 Å². The van der Waals surface area contributed by atoms with E-state index in [1.54, 1.807) is 0 Å². The zero-order valence-corrected chi connectivity index (χ0v) is 8.54. The number of aromatic nitrogens is 2. The molecule has 0 spiro atoms. The van der Waals surface area contributed by atoms with Crippen LogP contribution in [0.1, 0.15) is 23.7 Å². The van der Waals surface area contributed by atoms with E-state index in [0.29, 0.717) is 12.1 Å². The van der Waals surface area contributed by atoms with Gasteiger partial charge in [-0.15, -0.1) is 0 Å². The maximum Gasteiger partial charge on any atom is 0.254 e. The molecule has 82 valence electrons. The first-order valence-electron chi connectivity index (χ1n) is 4.77. The Morgan fingerprint density at radius 2 is 2.27 bits per heavy atom. The molecule has 6 nitrogen and oxygen atoms in total. The van der Waals surface area contributed by atoms with Crippen molar-refractivity contribution in [1.29, 1.82) is 0 Å². The summed E-state index contributed by atoms with van der Waals surface area (Å²) < 4.78 is 0. The molecule has 6 heteroatoms. The van der Waals surface area contributed by atoms with Crippen molar-refractivity contribution < 1.29 is 9.59 Å². The summed E-state index contributed by atoms with van der Waals surface area (Å²) in [7, 11) is 0. The zero-order valence-electron chi connectivity index (χ0n) is 8.54. The lowest BCUT2D eigenvalue weighted by molar-refractivity contribution is -0.120. The van der Waals surface area contributed by atoms with Gasteiger partial charge in [0.2, 0.25) is 5.91 Å². The predicted octanol–water partition coefficient (Wildman–Crippen LogP) is -0.334. The normalized spacial score (nSPS) is 9.67. The molecule has 0 atom stereocenters. The van der Waals surface area contributed by atoms with Crippen LogP contribution in [-0.4, -0.2) is 35.1 Å². The first-order valence-corrected chi connectivity index (χ1v) is 4.77. The number of amides is 2. The molecule has 0 saturated heterocycles. The largest absolute Gasteiger partial charge is 0.355 e. The van der Waals surface area contributed by atoms with Crippen LogP contribution in [0.15, 0.2) is 12.4 Å². The highest BCUT2D eigenvalue weighted by molar-refractivity contribution is 5.95. The van der Waals surface area contributed by atoms with E-state index in [0.717, 1.165) is 6.42 Å². The summed E-state index contributed by atoms with van der Waals surface area (Å²) in [5.41, 5.74) is 0.415. The number of aromatic amines is 1. The molecule has 0 radical (unpaired) electrons. The highest BCUT2D eigenvalue weighted by Gasteiger charge is 2.07. The van der Waals surface area contributed by atoms with Crippen molar-refractivity contribution in [2.24, 2.45) is 0 Å². The number of rotatable bonds is 5. The average molecular weight is 210 g/mol. The van der Waals surface area contributed by atoms with Crippen molar-refractivity contribution in [1.82, 2.24) is 20.8 Å². The summed E-state index contributed by atoms with van der Waals surface area (Å²) in [6, 6.07) is 0. The smallest absolute Gasteiger partial charge is 0.254 e. The van der Waals surface area contributed by atoms with E-state index in [9.17, 15) is 9.59 Å². The van der Waals surface area contributed by atoms with Crippen molar-refractivity contribution in [2.45, 2.75) is 13.3 Å². The van der Waals surface area contributed by atoms with Crippen LogP contribution in [0, 0.1) is 0 Å². The molecule has 0 saturated carbocycles. The standard InChI is InChI=1S/C9H14N4O2/c1-2-3-10-8(14)6-11-9(15)7-4-12-13-5-7/h4-5H,2-3,6H2,1H3,(H,10,14)(H,11,15)(H,12,13). The van der Waals surface area contributed by atoms with Gasteiger partial charge in [0.25, 0.3) is 5.91 Å². The number of hydrogen-bond acceptors (Lipinski definition) is 3. The molecule has 1 heterocycles. The molecule has 0 aliphatic carbocycles. The van der Waals surface area contributed by atoms with Gasteiger partial charge in [-0.2, -0.15) is 5.10 Å². The highest BCUT2D eigenvalue weighted by Crippen LogP contribution is 1.91. The molecule has 1 aromatic rings. The number of H-pyrrole nitrogens is 1. The van der Waals surface area contributed by atoms with Gasteiger partial charge in [-0.25, -0.2) is 0 Å². The number of carbonyl (C=O) groups is 2. The Balaban J connectivity index is 2.25. The van der Waals surface area contributed by atoms with Gasteiger partial charge in [0.05, 0.1) is 18.3 Å². The molecule has 3 N–H and O–H groups in total. The molecule has 0 bridgehead atoms. The van der Waals surface area contributed by atoms with Crippen LogP contribution < -0.4 is 10.6 Å². The van der Waals surface area contributed by atoms with E-state index >= 15 is 0 Å². The van der Waals surface area contributed by atoms with Gasteiger partial charge in [0.1, 0.15) is 0 Å². The molecule has 0 aromatic carbocycles. The lowest BCUT2D eigenvalue weighted by Crippen LogP contribution is -2.37. The Labute approximate surface area is 87.4 Å². The van der Waals surface area contributed by atoms with Crippen LogP contribution in [0.25, 0.3) is 0 Å². The fourth-order valence-corrected chi connectivity index (χ4v) is 0.965. The van der Waals surface area contributed by atoms with Crippen molar-refractivity contribution in [2.75, 3.05) is 13.1 Å². The first kappa shape index (κ1) is 11.2.